The number of oxazole rings is 1. The third-order valence-electron chi connectivity index (χ3n) is 5.11. The summed E-state index contributed by atoms with van der Waals surface area (Å²) in [6, 6.07) is 24.5. The van der Waals surface area contributed by atoms with Gasteiger partial charge in [0.1, 0.15) is 11.2 Å². The predicted molar refractivity (Wildman–Crippen MR) is 120 cm³/mol. The van der Waals surface area contributed by atoms with Crippen molar-refractivity contribution < 1.29 is 4.42 Å². The van der Waals surface area contributed by atoms with Crippen molar-refractivity contribution in [1.29, 1.82) is 0 Å². The number of benzene rings is 3. The van der Waals surface area contributed by atoms with Crippen molar-refractivity contribution in [2.75, 3.05) is 0 Å². The number of aliphatic imine (C=N–C) groups is 1. The molecule has 4 rings (SSSR count). The van der Waals surface area contributed by atoms with E-state index >= 15 is 0 Å². The van der Waals surface area contributed by atoms with Gasteiger partial charge < -0.3 is 4.42 Å². The number of nitrogens with zero attached hydrogens (tertiary/aromatic N) is 2. The smallest absolute Gasteiger partial charge is 0.246 e. The lowest BCUT2D eigenvalue weighted by molar-refractivity contribution is 0.590. The molecule has 3 nitrogen and oxygen atoms in total. The molecule has 0 fully saturated rings. The highest BCUT2D eigenvalue weighted by Crippen LogP contribution is 2.36. The van der Waals surface area contributed by atoms with Gasteiger partial charge in [-0.2, -0.15) is 0 Å². The van der Waals surface area contributed by atoms with E-state index < -0.39 is 0 Å². The number of para-hydroxylation sites is 3. The summed E-state index contributed by atoms with van der Waals surface area (Å²) in [5.74, 6) is 1.28. The molecule has 0 N–H and O–H groups in total. The molecule has 1 aromatic heterocycles. The molecule has 0 aliphatic rings. The molecule has 0 bridgehead atoms. The molecule has 0 radical (unpaired) electrons. The Labute approximate surface area is 172 Å². The Kier molecular flexibility index (Phi) is 5.30. The van der Waals surface area contributed by atoms with Gasteiger partial charge in [-0.05, 0) is 35.1 Å². The minimum Gasteiger partial charge on any atom is -0.435 e. The van der Waals surface area contributed by atoms with Crippen molar-refractivity contribution in [3.63, 3.8) is 0 Å². The van der Waals surface area contributed by atoms with Gasteiger partial charge in [-0.15, -0.1) is 0 Å². The quantitative estimate of drug-likeness (QED) is 0.341. The number of aromatic nitrogens is 1. The first-order chi connectivity index (χ1) is 14.0. The van der Waals surface area contributed by atoms with Crippen LogP contribution in [0.1, 0.15) is 62.1 Å². The third-order valence-corrected chi connectivity index (χ3v) is 5.11. The summed E-state index contributed by atoms with van der Waals surface area (Å²) in [6.07, 6.45) is 0. The van der Waals surface area contributed by atoms with Crippen LogP contribution in [0.5, 0.6) is 0 Å². The normalized spacial score (nSPS) is 12.3. The lowest BCUT2D eigenvalue weighted by Gasteiger charge is -2.17. The fraction of sp³-hybridized carbons (Fsp3) is 0.231. The highest BCUT2D eigenvalue weighted by atomic mass is 16.3. The summed E-state index contributed by atoms with van der Waals surface area (Å²) in [6.45, 7) is 8.83. The minimum absolute atomic E-state index is 0.369. The van der Waals surface area contributed by atoms with E-state index in [0.29, 0.717) is 17.7 Å². The van der Waals surface area contributed by atoms with E-state index in [0.717, 1.165) is 28.1 Å². The largest absolute Gasteiger partial charge is 0.435 e. The maximum atomic E-state index is 6.12. The summed E-state index contributed by atoms with van der Waals surface area (Å²) in [7, 11) is 0. The van der Waals surface area contributed by atoms with E-state index in [1.165, 1.54) is 11.1 Å². The Bertz CT molecular complexity index is 1090. The number of fused-ring (bicyclic) bond motifs is 1. The molecule has 0 spiro atoms. The fourth-order valence-electron chi connectivity index (χ4n) is 3.56. The highest BCUT2D eigenvalue weighted by Gasteiger charge is 2.19. The summed E-state index contributed by atoms with van der Waals surface area (Å²) in [4.78, 5) is 9.93. The second-order valence-corrected chi connectivity index (χ2v) is 7.91. The van der Waals surface area contributed by atoms with E-state index in [4.69, 9.17) is 14.4 Å². The predicted octanol–water partition coefficient (Wildman–Crippen LogP) is 7.24. The molecule has 0 atom stereocenters. The molecule has 3 aromatic carbocycles. The number of hydrogen-bond donors (Lipinski definition) is 0. The van der Waals surface area contributed by atoms with Crippen LogP contribution >= 0.6 is 0 Å². The van der Waals surface area contributed by atoms with Gasteiger partial charge in [0.15, 0.2) is 5.58 Å². The zero-order valence-electron chi connectivity index (χ0n) is 17.4. The molecule has 0 amide bonds. The standard InChI is InChI=1S/C26H26N2O/c1-17(2)20-13-10-14-21(18(3)4)25(20)28-24(19-11-6-5-7-12-19)26-27-22-15-8-9-16-23(22)29-26/h5-18H,1-4H3. The molecular formula is C26H26N2O. The molecule has 29 heavy (non-hydrogen) atoms. The van der Waals surface area contributed by atoms with Crippen LogP contribution in [0.2, 0.25) is 0 Å². The maximum Gasteiger partial charge on any atom is 0.246 e. The Morgan fingerprint density at radius 2 is 1.38 bits per heavy atom. The van der Waals surface area contributed by atoms with Gasteiger partial charge in [-0.1, -0.05) is 88.4 Å². The zero-order valence-corrected chi connectivity index (χ0v) is 17.4. The van der Waals surface area contributed by atoms with Crippen LogP contribution in [0.25, 0.3) is 11.1 Å². The molecule has 0 saturated carbocycles. The van der Waals surface area contributed by atoms with Gasteiger partial charge in [0.2, 0.25) is 5.89 Å². The average molecular weight is 383 g/mol. The van der Waals surface area contributed by atoms with Gasteiger partial charge in [-0.3, -0.25) is 0 Å². The Hall–Kier alpha value is -3.20. The van der Waals surface area contributed by atoms with Gasteiger partial charge >= 0.3 is 0 Å². The number of hydrogen-bond acceptors (Lipinski definition) is 3. The van der Waals surface area contributed by atoms with E-state index in [-0.39, 0.29) is 0 Å². The molecule has 1 heterocycles. The van der Waals surface area contributed by atoms with E-state index in [2.05, 4.69) is 58.0 Å². The van der Waals surface area contributed by atoms with Crippen molar-refractivity contribution in [3.8, 4) is 0 Å². The summed E-state index contributed by atoms with van der Waals surface area (Å²) in [5, 5.41) is 0. The Morgan fingerprint density at radius 1 is 0.759 bits per heavy atom. The van der Waals surface area contributed by atoms with Crippen LogP contribution in [0.4, 0.5) is 5.69 Å². The molecule has 0 saturated heterocycles. The van der Waals surface area contributed by atoms with Crippen molar-refractivity contribution in [1.82, 2.24) is 4.98 Å². The summed E-state index contributed by atoms with van der Waals surface area (Å²) >= 11 is 0. The zero-order chi connectivity index (χ0) is 20.4. The Morgan fingerprint density at radius 3 is 2.00 bits per heavy atom. The molecule has 3 heteroatoms. The van der Waals surface area contributed by atoms with E-state index in [1.54, 1.807) is 0 Å². The second kappa shape index (κ2) is 8.04. The third kappa shape index (κ3) is 3.86. The van der Waals surface area contributed by atoms with Gasteiger partial charge in [0.05, 0.1) is 5.69 Å². The maximum absolute atomic E-state index is 6.12. The van der Waals surface area contributed by atoms with Crippen LogP contribution in [0.3, 0.4) is 0 Å². The van der Waals surface area contributed by atoms with Crippen molar-refractivity contribution in [2.24, 2.45) is 4.99 Å². The first-order valence-corrected chi connectivity index (χ1v) is 10.2. The SMILES string of the molecule is CC(C)c1cccc(C(C)C)c1N=C(c1ccccc1)c1nc2ccccc2o1. The molecule has 0 aliphatic heterocycles. The second-order valence-electron chi connectivity index (χ2n) is 7.91. The van der Waals surface area contributed by atoms with Crippen LogP contribution in [0.15, 0.2) is 82.2 Å². The molecule has 4 aromatic rings. The molecule has 146 valence electrons. The average Bonchev–Trinajstić information content (AvgIpc) is 3.16. The molecule has 0 aliphatic carbocycles. The lowest BCUT2D eigenvalue weighted by atomic mass is 9.92. The lowest BCUT2D eigenvalue weighted by Crippen LogP contribution is -2.05. The topological polar surface area (TPSA) is 38.4 Å². The van der Waals surface area contributed by atoms with Crippen molar-refractivity contribution in [2.45, 2.75) is 39.5 Å². The minimum atomic E-state index is 0.369. The molecular weight excluding hydrogens is 356 g/mol. The summed E-state index contributed by atoms with van der Waals surface area (Å²) < 4.78 is 6.12. The highest BCUT2D eigenvalue weighted by molar-refractivity contribution is 6.12. The van der Waals surface area contributed by atoms with E-state index in [1.807, 2.05) is 42.5 Å². The van der Waals surface area contributed by atoms with Gasteiger partial charge in [0, 0.05) is 5.56 Å². The summed E-state index contributed by atoms with van der Waals surface area (Å²) in [5.41, 5.74) is 6.86. The van der Waals surface area contributed by atoms with Crippen LogP contribution in [0, 0.1) is 0 Å². The fourth-order valence-corrected chi connectivity index (χ4v) is 3.56. The molecule has 0 unspecified atom stereocenters. The number of rotatable bonds is 5. The van der Waals surface area contributed by atoms with Crippen molar-refractivity contribution in [3.05, 3.63) is 95.4 Å². The monoisotopic (exact) mass is 382 g/mol. The van der Waals surface area contributed by atoms with Crippen LogP contribution in [-0.4, -0.2) is 10.7 Å². The van der Waals surface area contributed by atoms with Crippen LogP contribution in [-0.2, 0) is 0 Å². The van der Waals surface area contributed by atoms with Crippen molar-refractivity contribution >= 4 is 22.5 Å². The Balaban J connectivity index is 1.99. The van der Waals surface area contributed by atoms with Gasteiger partial charge in [0.25, 0.3) is 0 Å². The van der Waals surface area contributed by atoms with Crippen LogP contribution < -0.4 is 0 Å². The first-order valence-electron chi connectivity index (χ1n) is 10.2. The first kappa shape index (κ1) is 19.1. The van der Waals surface area contributed by atoms with E-state index in [9.17, 15) is 0 Å². The van der Waals surface area contributed by atoms with Gasteiger partial charge in [-0.25, -0.2) is 9.98 Å².